The highest BCUT2D eigenvalue weighted by Crippen LogP contribution is 2.23. The van der Waals surface area contributed by atoms with E-state index < -0.39 is 0 Å². The molecule has 1 aromatic carbocycles. The van der Waals surface area contributed by atoms with Gasteiger partial charge in [-0.1, -0.05) is 17.7 Å². The lowest BCUT2D eigenvalue weighted by molar-refractivity contribution is 0.225. The Morgan fingerprint density at radius 3 is 3.05 bits per heavy atom. The van der Waals surface area contributed by atoms with Crippen molar-refractivity contribution in [3.8, 4) is 5.75 Å². The molecule has 1 aliphatic heterocycles. The van der Waals surface area contributed by atoms with Crippen LogP contribution in [0.3, 0.4) is 0 Å². The summed E-state index contributed by atoms with van der Waals surface area (Å²) < 4.78 is 5.96. The SMILES string of the molecule is Cc1ccnc(N2CCC(Oc3cccc(Cl)c3)C2)n1. The molecule has 0 bridgehead atoms. The minimum atomic E-state index is 0.151. The smallest absolute Gasteiger partial charge is 0.225 e. The molecule has 2 heterocycles. The van der Waals surface area contributed by atoms with E-state index in [0.717, 1.165) is 36.9 Å². The summed E-state index contributed by atoms with van der Waals surface area (Å²) >= 11 is 5.96. The minimum Gasteiger partial charge on any atom is -0.488 e. The standard InChI is InChI=1S/C15H16ClN3O/c1-11-5-7-17-15(18-11)19-8-6-14(10-19)20-13-4-2-3-12(16)9-13/h2-5,7,9,14H,6,8,10H2,1H3. The Bertz CT molecular complexity index is 605. The van der Waals surface area contributed by atoms with Crippen LogP contribution in [-0.4, -0.2) is 29.2 Å². The average Bonchev–Trinajstić information content (AvgIpc) is 2.87. The number of ether oxygens (including phenoxy) is 1. The Morgan fingerprint density at radius 2 is 2.25 bits per heavy atom. The zero-order valence-corrected chi connectivity index (χ0v) is 12.0. The summed E-state index contributed by atoms with van der Waals surface area (Å²) in [6.07, 6.45) is 2.91. The number of benzene rings is 1. The van der Waals surface area contributed by atoms with Crippen LogP contribution in [0.25, 0.3) is 0 Å². The van der Waals surface area contributed by atoms with Crippen molar-refractivity contribution in [3.63, 3.8) is 0 Å². The molecule has 0 radical (unpaired) electrons. The maximum atomic E-state index is 5.96. The van der Waals surface area contributed by atoms with Crippen LogP contribution in [-0.2, 0) is 0 Å². The summed E-state index contributed by atoms with van der Waals surface area (Å²) in [6, 6.07) is 9.41. The zero-order valence-electron chi connectivity index (χ0n) is 11.3. The third kappa shape index (κ3) is 3.02. The first-order valence-electron chi connectivity index (χ1n) is 6.67. The maximum Gasteiger partial charge on any atom is 0.225 e. The molecule has 3 rings (SSSR count). The first-order chi connectivity index (χ1) is 9.70. The second-order valence-electron chi connectivity index (χ2n) is 4.93. The molecule has 0 N–H and O–H groups in total. The molecule has 1 unspecified atom stereocenters. The number of rotatable bonds is 3. The Labute approximate surface area is 123 Å². The molecule has 2 aromatic rings. The van der Waals surface area contributed by atoms with Gasteiger partial charge in [-0.15, -0.1) is 0 Å². The Hall–Kier alpha value is -1.81. The van der Waals surface area contributed by atoms with Gasteiger partial charge < -0.3 is 9.64 Å². The maximum absolute atomic E-state index is 5.96. The molecular formula is C15H16ClN3O. The molecule has 5 heteroatoms. The fourth-order valence-corrected chi connectivity index (χ4v) is 2.51. The first-order valence-corrected chi connectivity index (χ1v) is 7.05. The lowest BCUT2D eigenvalue weighted by Crippen LogP contribution is -2.26. The number of halogens is 1. The summed E-state index contributed by atoms with van der Waals surface area (Å²) in [7, 11) is 0. The van der Waals surface area contributed by atoms with Crippen molar-refractivity contribution in [3.05, 3.63) is 47.2 Å². The van der Waals surface area contributed by atoms with E-state index in [-0.39, 0.29) is 6.10 Å². The van der Waals surface area contributed by atoms with Gasteiger partial charge in [0.05, 0.1) is 6.54 Å². The van der Waals surface area contributed by atoms with Gasteiger partial charge in [0.2, 0.25) is 5.95 Å². The fourth-order valence-electron chi connectivity index (χ4n) is 2.33. The van der Waals surface area contributed by atoms with Crippen molar-refractivity contribution in [1.82, 2.24) is 9.97 Å². The van der Waals surface area contributed by atoms with E-state index in [1.165, 1.54) is 0 Å². The first kappa shape index (κ1) is 13.2. The summed E-state index contributed by atoms with van der Waals surface area (Å²) in [4.78, 5) is 10.9. The monoisotopic (exact) mass is 289 g/mol. The molecular weight excluding hydrogens is 274 g/mol. The number of anilines is 1. The topological polar surface area (TPSA) is 38.2 Å². The summed E-state index contributed by atoms with van der Waals surface area (Å²) in [5.41, 5.74) is 0.981. The van der Waals surface area contributed by atoms with Crippen molar-refractivity contribution >= 4 is 17.5 Å². The second-order valence-corrected chi connectivity index (χ2v) is 5.37. The van der Waals surface area contributed by atoms with E-state index in [1.807, 2.05) is 37.3 Å². The molecule has 1 atom stereocenters. The second kappa shape index (κ2) is 5.67. The van der Waals surface area contributed by atoms with E-state index >= 15 is 0 Å². The summed E-state index contributed by atoms with van der Waals surface area (Å²) in [5.74, 6) is 1.59. The van der Waals surface area contributed by atoms with Gasteiger partial charge in [-0.05, 0) is 31.2 Å². The minimum absolute atomic E-state index is 0.151. The largest absolute Gasteiger partial charge is 0.488 e. The molecule has 4 nitrogen and oxygen atoms in total. The molecule has 1 saturated heterocycles. The fraction of sp³-hybridized carbons (Fsp3) is 0.333. The van der Waals surface area contributed by atoms with Crippen LogP contribution in [0.15, 0.2) is 36.5 Å². The molecule has 0 saturated carbocycles. The van der Waals surface area contributed by atoms with Crippen molar-refractivity contribution in [1.29, 1.82) is 0 Å². The molecule has 0 aliphatic carbocycles. The lowest BCUT2D eigenvalue weighted by atomic mass is 10.3. The highest BCUT2D eigenvalue weighted by Gasteiger charge is 2.25. The predicted molar refractivity (Wildman–Crippen MR) is 79.5 cm³/mol. The number of aromatic nitrogens is 2. The van der Waals surface area contributed by atoms with E-state index in [4.69, 9.17) is 16.3 Å². The number of aryl methyl sites for hydroxylation is 1. The van der Waals surface area contributed by atoms with Crippen molar-refractivity contribution < 1.29 is 4.74 Å². The Kier molecular flexibility index (Phi) is 3.74. The van der Waals surface area contributed by atoms with E-state index in [0.29, 0.717) is 5.02 Å². The van der Waals surface area contributed by atoms with Crippen LogP contribution < -0.4 is 9.64 Å². The summed E-state index contributed by atoms with van der Waals surface area (Å²) in [6.45, 7) is 3.69. The van der Waals surface area contributed by atoms with Gasteiger partial charge in [0.1, 0.15) is 11.9 Å². The van der Waals surface area contributed by atoms with Gasteiger partial charge in [-0.3, -0.25) is 0 Å². The van der Waals surface area contributed by atoms with Crippen molar-refractivity contribution in [2.45, 2.75) is 19.4 Å². The van der Waals surface area contributed by atoms with E-state index in [2.05, 4.69) is 14.9 Å². The number of hydrogen-bond donors (Lipinski definition) is 0. The summed E-state index contributed by atoms with van der Waals surface area (Å²) in [5, 5.41) is 0.694. The van der Waals surface area contributed by atoms with Gasteiger partial charge >= 0.3 is 0 Å². The van der Waals surface area contributed by atoms with Crippen LogP contribution in [0.2, 0.25) is 5.02 Å². The van der Waals surface area contributed by atoms with Crippen LogP contribution in [0.1, 0.15) is 12.1 Å². The van der Waals surface area contributed by atoms with E-state index in [1.54, 1.807) is 6.20 Å². The number of nitrogens with zero attached hydrogens (tertiary/aromatic N) is 3. The quantitative estimate of drug-likeness (QED) is 0.870. The van der Waals surface area contributed by atoms with Crippen LogP contribution in [0, 0.1) is 6.92 Å². The van der Waals surface area contributed by atoms with Crippen molar-refractivity contribution in [2.24, 2.45) is 0 Å². The van der Waals surface area contributed by atoms with Gasteiger partial charge in [-0.25, -0.2) is 9.97 Å². The predicted octanol–water partition coefficient (Wildman–Crippen LogP) is 3.10. The highest BCUT2D eigenvalue weighted by molar-refractivity contribution is 6.30. The zero-order chi connectivity index (χ0) is 13.9. The number of hydrogen-bond acceptors (Lipinski definition) is 4. The molecule has 1 aliphatic rings. The molecule has 104 valence electrons. The molecule has 20 heavy (non-hydrogen) atoms. The molecule has 1 fully saturated rings. The van der Waals surface area contributed by atoms with Gasteiger partial charge in [-0.2, -0.15) is 0 Å². The normalized spacial score (nSPS) is 18.3. The molecule has 0 spiro atoms. The third-order valence-electron chi connectivity index (χ3n) is 3.31. The highest BCUT2D eigenvalue weighted by atomic mass is 35.5. The van der Waals surface area contributed by atoms with Gasteiger partial charge in [0, 0.05) is 29.9 Å². The molecule has 0 amide bonds. The van der Waals surface area contributed by atoms with E-state index in [9.17, 15) is 0 Å². The lowest BCUT2D eigenvalue weighted by Gasteiger charge is -2.17. The third-order valence-corrected chi connectivity index (χ3v) is 3.54. The van der Waals surface area contributed by atoms with Crippen molar-refractivity contribution in [2.75, 3.05) is 18.0 Å². The van der Waals surface area contributed by atoms with Crippen LogP contribution in [0.5, 0.6) is 5.75 Å². The van der Waals surface area contributed by atoms with Gasteiger partial charge in [0.15, 0.2) is 0 Å². The van der Waals surface area contributed by atoms with Crippen LogP contribution in [0.4, 0.5) is 5.95 Å². The Balaban J connectivity index is 1.65. The van der Waals surface area contributed by atoms with Gasteiger partial charge in [0.25, 0.3) is 0 Å². The molecule has 1 aromatic heterocycles. The Morgan fingerprint density at radius 1 is 1.35 bits per heavy atom. The van der Waals surface area contributed by atoms with Crippen LogP contribution >= 0.6 is 11.6 Å². The average molecular weight is 290 g/mol.